The number of carbonyl (C=O) groups is 1. The van der Waals surface area contributed by atoms with E-state index in [9.17, 15) is 4.79 Å². The van der Waals surface area contributed by atoms with E-state index in [2.05, 4.69) is 36.4 Å². The van der Waals surface area contributed by atoms with Crippen molar-refractivity contribution >= 4 is 23.5 Å². The van der Waals surface area contributed by atoms with E-state index in [4.69, 9.17) is 15.5 Å². The van der Waals surface area contributed by atoms with Crippen molar-refractivity contribution in [2.75, 3.05) is 44.0 Å². The Balaban J connectivity index is 1.65. The van der Waals surface area contributed by atoms with E-state index in [-0.39, 0.29) is 11.9 Å². The van der Waals surface area contributed by atoms with Gasteiger partial charge >= 0.3 is 0 Å². The van der Waals surface area contributed by atoms with Crippen LogP contribution in [0.1, 0.15) is 49.1 Å². The van der Waals surface area contributed by atoms with Crippen LogP contribution >= 0.6 is 0 Å². The molecule has 0 bridgehead atoms. The normalized spacial score (nSPS) is 18.7. The van der Waals surface area contributed by atoms with Gasteiger partial charge in [-0.15, -0.1) is 0 Å². The largest absolute Gasteiger partial charge is 0.396 e. The number of hydrogen-bond donors (Lipinski definition) is 1. The maximum absolute atomic E-state index is 12.5. The highest BCUT2D eigenvalue weighted by molar-refractivity contribution is 5.82. The second-order valence-corrected chi connectivity index (χ2v) is 8.81. The average molecular weight is 436 g/mol. The summed E-state index contributed by atoms with van der Waals surface area (Å²) in [5.41, 5.74) is 12.6. The Hall–Kier alpha value is -2.93. The van der Waals surface area contributed by atoms with E-state index in [0.717, 1.165) is 53.3 Å². The van der Waals surface area contributed by atoms with Crippen LogP contribution in [0.2, 0.25) is 0 Å². The molecule has 170 valence electrons. The molecule has 4 rings (SSSR count). The van der Waals surface area contributed by atoms with Crippen molar-refractivity contribution < 1.29 is 9.53 Å². The molecule has 2 fully saturated rings. The summed E-state index contributed by atoms with van der Waals surface area (Å²) in [7, 11) is 1.62. The van der Waals surface area contributed by atoms with E-state index < -0.39 is 0 Å². The zero-order valence-corrected chi connectivity index (χ0v) is 19.3. The second-order valence-electron chi connectivity index (χ2n) is 8.81. The summed E-state index contributed by atoms with van der Waals surface area (Å²) in [6.45, 7) is 10.6. The summed E-state index contributed by atoms with van der Waals surface area (Å²) in [5, 5.41) is 0. The van der Waals surface area contributed by atoms with Crippen LogP contribution < -0.4 is 10.6 Å². The Bertz CT molecular complexity index is 1020. The smallest absolute Gasteiger partial charge is 0.225 e. The first-order chi connectivity index (χ1) is 15.4. The van der Waals surface area contributed by atoms with Crippen molar-refractivity contribution in [3.05, 3.63) is 41.9 Å². The van der Waals surface area contributed by atoms with Gasteiger partial charge in [0.1, 0.15) is 0 Å². The predicted octanol–water partition coefficient (Wildman–Crippen LogP) is 3.63. The van der Waals surface area contributed by atoms with Gasteiger partial charge in [0.2, 0.25) is 5.91 Å². The van der Waals surface area contributed by atoms with Crippen molar-refractivity contribution in [3.8, 4) is 11.1 Å². The lowest BCUT2D eigenvalue weighted by Crippen LogP contribution is -2.54. The highest BCUT2D eigenvalue weighted by Crippen LogP contribution is 2.47. The van der Waals surface area contributed by atoms with Gasteiger partial charge in [-0.05, 0) is 56.0 Å². The molecule has 7 nitrogen and oxygen atoms in total. The third kappa shape index (κ3) is 4.35. The molecule has 1 saturated heterocycles. The predicted molar refractivity (Wildman–Crippen MR) is 129 cm³/mol. The van der Waals surface area contributed by atoms with Gasteiger partial charge in [0.25, 0.3) is 0 Å². The minimum atomic E-state index is 0.0917. The fourth-order valence-corrected chi connectivity index (χ4v) is 4.55. The topological polar surface area (TPSA) is 84.6 Å². The third-order valence-corrected chi connectivity index (χ3v) is 6.51. The van der Waals surface area contributed by atoms with Crippen molar-refractivity contribution in [1.82, 2.24) is 14.9 Å². The quantitative estimate of drug-likeness (QED) is 0.715. The Labute approximate surface area is 190 Å². The van der Waals surface area contributed by atoms with Crippen molar-refractivity contribution in [3.63, 3.8) is 0 Å². The van der Waals surface area contributed by atoms with Gasteiger partial charge in [-0.2, -0.15) is 0 Å². The number of carbonyl (C=O) groups excluding carboxylic acids is 1. The molecule has 0 unspecified atom stereocenters. The summed E-state index contributed by atoms with van der Waals surface area (Å²) >= 11 is 0. The molecule has 1 saturated carbocycles. The highest BCUT2D eigenvalue weighted by Gasteiger charge is 2.33. The Morgan fingerprint density at radius 2 is 2.16 bits per heavy atom. The Kier molecular flexibility index (Phi) is 6.46. The minimum absolute atomic E-state index is 0.0917. The molecule has 3 heterocycles. The van der Waals surface area contributed by atoms with Crippen LogP contribution in [0.15, 0.2) is 24.9 Å². The number of nitrogens with zero attached hydrogens (tertiary/aromatic N) is 4. The fraction of sp³-hybridized carbons (Fsp3) is 0.480. The fourth-order valence-electron chi connectivity index (χ4n) is 4.55. The lowest BCUT2D eigenvalue weighted by Gasteiger charge is -2.41. The van der Waals surface area contributed by atoms with Gasteiger partial charge in [0.15, 0.2) is 5.82 Å². The number of nitrogen functional groups attached to an aromatic ring is 1. The summed E-state index contributed by atoms with van der Waals surface area (Å²) in [6, 6.07) is 4.16. The van der Waals surface area contributed by atoms with E-state index in [1.165, 1.54) is 0 Å². The van der Waals surface area contributed by atoms with Crippen LogP contribution in [0.25, 0.3) is 17.2 Å². The molecule has 0 aromatic carbocycles. The Morgan fingerprint density at radius 1 is 1.38 bits per heavy atom. The van der Waals surface area contributed by atoms with Crippen molar-refractivity contribution in [2.45, 2.75) is 45.1 Å². The number of aromatic nitrogens is 2. The molecular weight excluding hydrogens is 402 g/mol. The van der Waals surface area contributed by atoms with E-state index in [1.54, 1.807) is 13.2 Å². The molecule has 7 heteroatoms. The molecule has 1 aliphatic carbocycles. The maximum atomic E-state index is 12.5. The summed E-state index contributed by atoms with van der Waals surface area (Å²) in [5.74, 6) is 1.46. The minimum Gasteiger partial charge on any atom is -0.396 e. The van der Waals surface area contributed by atoms with Crippen LogP contribution in [-0.2, 0) is 9.53 Å². The molecule has 2 aliphatic rings. The third-order valence-electron chi connectivity index (χ3n) is 6.51. The number of pyridine rings is 2. The lowest BCUT2D eigenvalue weighted by molar-refractivity contribution is -0.134. The van der Waals surface area contributed by atoms with Gasteiger partial charge < -0.3 is 20.3 Å². The van der Waals surface area contributed by atoms with Crippen LogP contribution in [0.3, 0.4) is 0 Å². The van der Waals surface area contributed by atoms with E-state index >= 15 is 0 Å². The number of anilines is 2. The number of methoxy groups -OCH3 is 1. The molecule has 2 aromatic heterocycles. The summed E-state index contributed by atoms with van der Waals surface area (Å²) in [6.07, 6.45) is 6.30. The van der Waals surface area contributed by atoms with Crippen LogP contribution in [0.4, 0.5) is 11.5 Å². The zero-order chi connectivity index (χ0) is 22.8. The molecule has 2 aromatic rings. The van der Waals surface area contributed by atoms with Crippen molar-refractivity contribution in [1.29, 1.82) is 0 Å². The van der Waals surface area contributed by atoms with Crippen LogP contribution in [0, 0.1) is 6.92 Å². The second kappa shape index (κ2) is 9.28. The number of hydrogen-bond acceptors (Lipinski definition) is 6. The summed E-state index contributed by atoms with van der Waals surface area (Å²) in [4.78, 5) is 26.2. The van der Waals surface area contributed by atoms with Crippen LogP contribution in [-0.4, -0.2) is 60.2 Å². The van der Waals surface area contributed by atoms with Gasteiger partial charge in [-0.25, -0.2) is 4.98 Å². The molecule has 0 spiro atoms. The number of nitrogens with two attached hydrogens (primary N) is 1. The van der Waals surface area contributed by atoms with Crippen molar-refractivity contribution in [2.24, 2.45) is 0 Å². The highest BCUT2D eigenvalue weighted by atomic mass is 16.5. The van der Waals surface area contributed by atoms with E-state index in [1.807, 2.05) is 17.2 Å². The van der Waals surface area contributed by atoms with Gasteiger partial charge in [0.05, 0.1) is 30.1 Å². The first-order valence-electron chi connectivity index (χ1n) is 11.4. The molecule has 32 heavy (non-hydrogen) atoms. The SMILES string of the molecule is C=Cc1cc(-c2c(C3CC3)nc(N3CCN(C(=O)CCOC)[C@H](C)C3)c(N)c2C)ccn1. The first kappa shape index (κ1) is 22.3. The number of piperazine rings is 1. The lowest BCUT2D eigenvalue weighted by atomic mass is 9.95. The first-order valence-corrected chi connectivity index (χ1v) is 11.4. The van der Waals surface area contributed by atoms with Gasteiger partial charge in [0, 0.05) is 50.5 Å². The molecule has 1 aliphatic heterocycles. The van der Waals surface area contributed by atoms with E-state index in [0.29, 0.717) is 37.7 Å². The monoisotopic (exact) mass is 435 g/mol. The number of rotatable bonds is 7. The van der Waals surface area contributed by atoms with Gasteiger partial charge in [-0.1, -0.05) is 6.58 Å². The standard InChI is InChI=1S/C25H33N5O2/c1-5-20-14-19(8-10-27-20)22-17(3)23(26)25(28-24(22)18-6-7-18)29-11-12-30(16(2)15-29)21(31)9-13-32-4/h5,8,10,14,16,18H,1,6-7,9,11-13,15,26H2,2-4H3/t16-/m1/s1. The number of ether oxygens (including phenoxy) is 1. The molecule has 0 radical (unpaired) electrons. The zero-order valence-electron chi connectivity index (χ0n) is 19.3. The average Bonchev–Trinajstić information content (AvgIpc) is 3.64. The summed E-state index contributed by atoms with van der Waals surface area (Å²) < 4.78 is 5.07. The van der Waals surface area contributed by atoms with Gasteiger partial charge in [-0.3, -0.25) is 9.78 Å². The number of amides is 1. The van der Waals surface area contributed by atoms with Crippen LogP contribution in [0.5, 0.6) is 0 Å². The molecule has 1 amide bonds. The molecule has 2 N–H and O–H groups in total. The maximum Gasteiger partial charge on any atom is 0.225 e. The Morgan fingerprint density at radius 3 is 2.81 bits per heavy atom. The molecule has 1 atom stereocenters. The molecular formula is C25H33N5O2.